The number of hydrogen-bond acceptors (Lipinski definition) is 2. The Morgan fingerprint density at radius 1 is 1.89 bits per heavy atom. The molecule has 0 fully saturated rings. The molecule has 0 radical (unpaired) electrons. The van der Waals surface area contributed by atoms with Crippen LogP contribution in [0.25, 0.3) is 0 Å². The molecule has 0 aliphatic rings. The second kappa shape index (κ2) is 5.00. The van der Waals surface area contributed by atoms with Crippen molar-refractivity contribution in [3.05, 3.63) is 12.4 Å². The van der Waals surface area contributed by atoms with Crippen LogP contribution in [0, 0.1) is 0 Å². The van der Waals surface area contributed by atoms with Crippen molar-refractivity contribution in [1.29, 1.82) is 0 Å². The van der Waals surface area contributed by atoms with Crippen molar-refractivity contribution in [3.63, 3.8) is 0 Å². The van der Waals surface area contributed by atoms with E-state index in [2.05, 4.69) is 11.1 Å². The zero-order chi connectivity index (χ0) is 6.62. The van der Waals surface area contributed by atoms with Crippen LogP contribution < -0.4 is 0 Å². The first-order chi connectivity index (χ1) is 3.62. The average Bonchev–Trinajstić information content (AvgIpc) is 1.67. The zero-order valence-electron chi connectivity index (χ0n) is 5.11. The quantitative estimate of drug-likeness (QED) is 0.660. The van der Waals surface area contributed by atoms with Gasteiger partial charge in [-0.25, -0.2) is 0 Å². The van der Waals surface area contributed by atoms with Crippen molar-refractivity contribution < 1.29 is 14.0 Å². The van der Waals surface area contributed by atoms with Crippen molar-refractivity contribution in [1.82, 2.24) is 0 Å². The maximum absolute atomic E-state index is 10.4. The lowest BCUT2D eigenvalue weighted by Crippen LogP contribution is -1.82. The summed E-state index contributed by atoms with van der Waals surface area (Å²) < 4.78 is 14.8. The summed E-state index contributed by atoms with van der Waals surface area (Å²) in [4.78, 5) is 8.54. The van der Waals surface area contributed by atoms with Crippen LogP contribution in [0.5, 0.6) is 0 Å². The smallest absolute Gasteiger partial charge is 0.321 e. The molecule has 0 heterocycles. The Bertz CT molecular complexity index is 125. The van der Waals surface area contributed by atoms with E-state index in [1.165, 1.54) is 0 Å². The highest BCUT2D eigenvalue weighted by Crippen LogP contribution is 2.42. The van der Waals surface area contributed by atoms with Gasteiger partial charge in [0.25, 0.3) is 0 Å². The molecule has 0 saturated carbocycles. The minimum atomic E-state index is -3.41. The van der Waals surface area contributed by atoms with Crippen LogP contribution in [0.15, 0.2) is 12.4 Å². The molecule has 0 bridgehead atoms. The van der Waals surface area contributed by atoms with Gasteiger partial charge in [0.05, 0.1) is 6.61 Å². The van der Waals surface area contributed by atoms with Crippen LogP contribution in [0.1, 0.15) is 6.92 Å². The summed E-state index contributed by atoms with van der Waals surface area (Å²) in [5.41, 5.74) is 0. The molecule has 0 aromatic heterocycles. The van der Waals surface area contributed by atoms with Crippen molar-refractivity contribution in [3.8, 4) is 0 Å². The molecular weight excluding hydrogens is 162 g/mol. The van der Waals surface area contributed by atoms with Crippen LogP contribution in [0.2, 0.25) is 0 Å². The van der Waals surface area contributed by atoms with E-state index in [1.807, 2.05) is 0 Å². The third-order valence-corrected chi connectivity index (χ3v) is 1.63. The Labute approximate surface area is 60.7 Å². The number of halogens is 1. The minimum Gasteiger partial charge on any atom is -0.321 e. The van der Waals surface area contributed by atoms with E-state index >= 15 is 0 Å². The Balaban J connectivity index is 0. The third-order valence-electron chi connectivity index (χ3n) is 0.545. The molecule has 0 amide bonds. The van der Waals surface area contributed by atoms with E-state index in [1.54, 1.807) is 6.92 Å². The van der Waals surface area contributed by atoms with E-state index < -0.39 is 7.60 Å². The highest BCUT2D eigenvalue weighted by atomic mass is 35.5. The SMILES string of the molecule is C=CP(=O)(O)OCC.Cl. The first-order valence-corrected chi connectivity index (χ1v) is 3.87. The molecule has 1 unspecified atom stereocenters. The summed E-state index contributed by atoms with van der Waals surface area (Å²) >= 11 is 0. The molecule has 0 spiro atoms. The van der Waals surface area contributed by atoms with Gasteiger partial charge in [0.2, 0.25) is 0 Å². The fourth-order valence-electron chi connectivity index (χ4n) is 0.238. The van der Waals surface area contributed by atoms with Gasteiger partial charge in [-0.15, -0.1) is 12.4 Å². The summed E-state index contributed by atoms with van der Waals surface area (Å²) in [5.74, 6) is 0.913. The lowest BCUT2D eigenvalue weighted by Gasteiger charge is -2.02. The monoisotopic (exact) mass is 172 g/mol. The lowest BCUT2D eigenvalue weighted by molar-refractivity contribution is 0.283. The molecule has 56 valence electrons. The molecule has 9 heavy (non-hydrogen) atoms. The highest BCUT2D eigenvalue weighted by Gasteiger charge is 2.09. The van der Waals surface area contributed by atoms with Crippen molar-refractivity contribution in [2.75, 3.05) is 6.61 Å². The Morgan fingerprint density at radius 3 is 2.44 bits per heavy atom. The molecule has 0 rings (SSSR count). The van der Waals surface area contributed by atoms with E-state index in [4.69, 9.17) is 4.89 Å². The average molecular weight is 173 g/mol. The standard InChI is InChI=1S/C4H9O3P.ClH/c1-3-7-8(5,6)4-2;/h4H,2-3H2,1H3,(H,5,6);1H. The maximum atomic E-state index is 10.4. The van der Waals surface area contributed by atoms with Gasteiger partial charge < -0.3 is 9.42 Å². The first-order valence-electron chi connectivity index (χ1n) is 2.23. The van der Waals surface area contributed by atoms with Gasteiger partial charge in [0.15, 0.2) is 0 Å². The van der Waals surface area contributed by atoms with Gasteiger partial charge in [-0.05, 0) is 6.92 Å². The third kappa shape index (κ3) is 6.06. The normalized spacial score (nSPS) is 15.3. The Morgan fingerprint density at radius 2 is 2.33 bits per heavy atom. The lowest BCUT2D eigenvalue weighted by atomic mass is 10.9. The highest BCUT2D eigenvalue weighted by molar-refractivity contribution is 7.56. The molecule has 0 aromatic carbocycles. The second-order valence-electron chi connectivity index (χ2n) is 1.16. The maximum Gasteiger partial charge on any atom is 0.351 e. The molecule has 0 aliphatic heterocycles. The van der Waals surface area contributed by atoms with E-state index in [9.17, 15) is 4.57 Å². The summed E-state index contributed by atoms with van der Waals surface area (Å²) in [6.45, 7) is 4.99. The largest absolute Gasteiger partial charge is 0.351 e. The zero-order valence-corrected chi connectivity index (χ0v) is 6.82. The summed E-state index contributed by atoms with van der Waals surface area (Å²) in [6.07, 6.45) is 0. The molecule has 1 N–H and O–H groups in total. The fourth-order valence-corrected chi connectivity index (χ4v) is 0.713. The van der Waals surface area contributed by atoms with Gasteiger partial charge in [-0.3, -0.25) is 4.57 Å². The Kier molecular flexibility index (Phi) is 6.62. The molecule has 0 saturated heterocycles. The van der Waals surface area contributed by atoms with Gasteiger partial charge >= 0.3 is 7.60 Å². The Hall–Kier alpha value is 0.180. The number of rotatable bonds is 3. The summed E-state index contributed by atoms with van der Waals surface area (Å²) in [5, 5.41) is 0. The molecular formula is C4H10ClO3P. The van der Waals surface area contributed by atoms with E-state index in [0.29, 0.717) is 0 Å². The van der Waals surface area contributed by atoms with Crippen molar-refractivity contribution >= 4 is 20.0 Å². The topological polar surface area (TPSA) is 46.5 Å². The molecule has 0 aromatic rings. The fraction of sp³-hybridized carbons (Fsp3) is 0.500. The second-order valence-corrected chi connectivity index (χ2v) is 2.92. The first kappa shape index (κ1) is 11.9. The molecule has 5 heteroatoms. The summed E-state index contributed by atoms with van der Waals surface area (Å²) in [7, 11) is -3.41. The molecule has 0 aliphatic carbocycles. The summed E-state index contributed by atoms with van der Waals surface area (Å²) in [6, 6.07) is 0. The minimum absolute atomic E-state index is 0. The van der Waals surface area contributed by atoms with Gasteiger partial charge in [-0.1, -0.05) is 6.58 Å². The predicted octanol–water partition coefficient (Wildman–Crippen LogP) is 1.77. The van der Waals surface area contributed by atoms with Crippen LogP contribution in [-0.2, 0) is 9.09 Å². The van der Waals surface area contributed by atoms with Crippen LogP contribution in [-0.4, -0.2) is 11.5 Å². The molecule has 3 nitrogen and oxygen atoms in total. The van der Waals surface area contributed by atoms with E-state index in [-0.39, 0.29) is 19.0 Å². The van der Waals surface area contributed by atoms with Crippen LogP contribution in [0.4, 0.5) is 0 Å². The number of hydrogen-bond donors (Lipinski definition) is 1. The van der Waals surface area contributed by atoms with Crippen molar-refractivity contribution in [2.24, 2.45) is 0 Å². The van der Waals surface area contributed by atoms with Crippen molar-refractivity contribution in [2.45, 2.75) is 6.92 Å². The van der Waals surface area contributed by atoms with Crippen LogP contribution in [0.3, 0.4) is 0 Å². The van der Waals surface area contributed by atoms with Crippen LogP contribution >= 0.6 is 20.0 Å². The van der Waals surface area contributed by atoms with Gasteiger partial charge in [0.1, 0.15) is 0 Å². The van der Waals surface area contributed by atoms with E-state index in [0.717, 1.165) is 5.82 Å². The predicted molar refractivity (Wildman–Crippen MR) is 38.9 cm³/mol. The van der Waals surface area contributed by atoms with Gasteiger partial charge in [0, 0.05) is 5.82 Å². The molecule has 1 atom stereocenters. The van der Waals surface area contributed by atoms with Gasteiger partial charge in [-0.2, -0.15) is 0 Å².